The minimum atomic E-state index is 0.836. The van der Waals surface area contributed by atoms with Crippen molar-refractivity contribution in [1.29, 1.82) is 0 Å². The van der Waals surface area contributed by atoms with E-state index in [-0.39, 0.29) is 0 Å². The van der Waals surface area contributed by atoms with Crippen molar-refractivity contribution >= 4 is 0 Å². The highest BCUT2D eigenvalue weighted by molar-refractivity contribution is 4.78. The van der Waals surface area contributed by atoms with E-state index in [0.717, 1.165) is 17.9 Å². The molecule has 0 radical (unpaired) electrons. The molecule has 0 aromatic heterocycles. The predicted molar refractivity (Wildman–Crippen MR) is 61.4 cm³/mol. The minimum Gasteiger partial charge on any atom is -0.314 e. The van der Waals surface area contributed by atoms with E-state index in [1.165, 1.54) is 57.9 Å². The van der Waals surface area contributed by atoms with Gasteiger partial charge in [0.25, 0.3) is 0 Å². The van der Waals surface area contributed by atoms with E-state index in [2.05, 4.69) is 12.2 Å². The second-order valence-corrected chi connectivity index (χ2v) is 5.41. The van der Waals surface area contributed by atoms with E-state index in [1.807, 2.05) is 0 Å². The summed E-state index contributed by atoms with van der Waals surface area (Å²) in [5.74, 6) is 2.03. The quantitative estimate of drug-likeness (QED) is 0.663. The Morgan fingerprint density at radius 1 is 1.07 bits per heavy atom. The van der Waals surface area contributed by atoms with Crippen molar-refractivity contribution in [3.8, 4) is 0 Å². The third kappa shape index (κ3) is 3.27. The molecule has 0 saturated heterocycles. The van der Waals surface area contributed by atoms with E-state index in [9.17, 15) is 0 Å². The zero-order valence-corrected chi connectivity index (χ0v) is 9.60. The topological polar surface area (TPSA) is 12.0 Å². The summed E-state index contributed by atoms with van der Waals surface area (Å²) in [5.41, 5.74) is 0. The number of nitrogens with one attached hydrogen (secondary N) is 1. The molecule has 14 heavy (non-hydrogen) atoms. The molecule has 2 unspecified atom stereocenters. The minimum absolute atomic E-state index is 0.836. The highest BCUT2D eigenvalue weighted by Crippen LogP contribution is 2.33. The van der Waals surface area contributed by atoms with Crippen molar-refractivity contribution < 1.29 is 0 Å². The Morgan fingerprint density at radius 3 is 2.57 bits per heavy atom. The average molecular weight is 195 g/mol. The molecule has 1 heteroatoms. The molecule has 0 bridgehead atoms. The Balaban J connectivity index is 1.53. The van der Waals surface area contributed by atoms with Crippen molar-refractivity contribution in [1.82, 2.24) is 5.32 Å². The lowest BCUT2D eigenvalue weighted by atomic mass is 9.86. The number of hydrogen-bond donors (Lipinski definition) is 1. The molecule has 0 heterocycles. The zero-order valence-electron chi connectivity index (χ0n) is 9.60. The molecule has 0 aliphatic heterocycles. The van der Waals surface area contributed by atoms with Crippen LogP contribution in [0.5, 0.6) is 0 Å². The van der Waals surface area contributed by atoms with Gasteiger partial charge >= 0.3 is 0 Å². The van der Waals surface area contributed by atoms with Gasteiger partial charge in [-0.05, 0) is 44.1 Å². The van der Waals surface area contributed by atoms with Crippen molar-refractivity contribution in [3.05, 3.63) is 0 Å². The molecule has 1 nitrogen and oxygen atoms in total. The van der Waals surface area contributed by atoms with Gasteiger partial charge in [-0.15, -0.1) is 0 Å². The summed E-state index contributed by atoms with van der Waals surface area (Å²) in [6.07, 6.45) is 11.7. The lowest BCUT2D eigenvalue weighted by Crippen LogP contribution is -2.37. The van der Waals surface area contributed by atoms with Crippen molar-refractivity contribution in [2.75, 3.05) is 6.54 Å². The number of hydrogen-bond acceptors (Lipinski definition) is 1. The standard InChI is InChI=1S/C13H25N/c1-11-5-2-3-7-13(11)14-10-4-6-12-8-9-12/h11-14H,2-10H2,1H3. The van der Waals surface area contributed by atoms with Crippen molar-refractivity contribution in [3.63, 3.8) is 0 Å². The first-order valence-electron chi connectivity index (χ1n) is 6.59. The predicted octanol–water partition coefficient (Wildman–Crippen LogP) is 3.34. The smallest absolute Gasteiger partial charge is 0.00926 e. The summed E-state index contributed by atoms with van der Waals surface area (Å²) < 4.78 is 0. The van der Waals surface area contributed by atoms with E-state index >= 15 is 0 Å². The summed E-state index contributed by atoms with van der Waals surface area (Å²) in [4.78, 5) is 0. The second-order valence-electron chi connectivity index (χ2n) is 5.41. The van der Waals surface area contributed by atoms with Gasteiger partial charge in [0.2, 0.25) is 0 Å². The fraction of sp³-hybridized carbons (Fsp3) is 1.00. The molecule has 2 aliphatic carbocycles. The molecule has 2 fully saturated rings. The summed E-state index contributed by atoms with van der Waals surface area (Å²) in [5, 5.41) is 3.75. The molecule has 82 valence electrons. The van der Waals surface area contributed by atoms with E-state index in [4.69, 9.17) is 0 Å². The van der Waals surface area contributed by atoms with Crippen molar-refractivity contribution in [2.24, 2.45) is 11.8 Å². The average Bonchev–Trinajstić information content (AvgIpc) is 2.99. The Kier molecular flexibility index (Phi) is 3.86. The van der Waals surface area contributed by atoms with E-state index < -0.39 is 0 Å². The van der Waals surface area contributed by atoms with Crippen LogP contribution in [0.15, 0.2) is 0 Å². The van der Waals surface area contributed by atoms with Crippen LogP contribution in [0.25, 0.3) is 0 Å². The van der Waals surface area contributed by atoms with Gasteiger partial charge in [-0.25, -0.2) is 0 Å². The van der Waals surface area contributed by atoms with Crippen LogP contribution in [0.1, 0.15) is 58.3 Å². The largest absolute Gasteiger partial charge is 0.314 e. The Labute approximate surface area is 88.7 Å². The molecule has 2 saturated carbocycles. The lowest BCUT2D eigenvalue weighted by Gasteiger charge is -2.29. The maximum Gasteiger partial charge on any atom is 0.00926 e. The monoisotopic (exact) mass is 195 g/mol. The van der Waals surface area contributed by atoms with Crippen LogP contribution in [-0.2, 0) is 0 Å². The van der Waals surface area contributed by atoms with E-state index in [1.54, 1.807) is 0 Å². The van der Waals surface area contributed by atoms with Gasteiger partial charge < -0.3 is 5.32 Å². The van der Waals surface area contributed by atoms with Gasteiger partial charge in [0.15, 0.2) is 0 Å². The van der Waals surface area contributed by atoms with Crippen LogP contribution in [0.3, 0.4) is 0 Å². The zero-order chi connectivity index (χ0) is 9.80. The fourth-order valence-electron chi connectivity index (χ4n) is 2.70. The maximum atomic E-state index is 3.75. The maximum absolute atomic E-state index is 3.75. The second kappa shape index (κ2) is 5.16. The highest BCUT2D eigenvalue weighted by atomic mass is 14.9. The first-order valence-corrected chi connectivity index (χ1v) is 6.59. The van der Waals surface area contributed by atoms with Gasteiger partial charge in [-0.2, -0.15) is 0 Å². The van der Waals surface area contributed by atoms with Gasteiger partial charge in [0, 0.05) is 6.04 Å². The van der Waals surface area contributed by atoms with Gasteiger partial charge in [-0.1, -0.05) is 32.6 Å². The SMILES string of the molecule is CC1CCCCC1NCCCC1CC1. The molecule has 0 amide bonds. The van der Waals surface area contributed by atoms with Crippen LogP contribution in [-0.4, -0.2) is 12.6 Å². The Hall–Kier alpha value is -0.0400. The highest BCUT2D eigenvalue weighted by Gasteiger charge is 2.22. The summed E-state index contributed by atoms with van der Waals surface area (Å²) in [6.45, 7) is 3.68. The first-order chi connectivity index (χ1) is 6.86. The molecule has 2 aliphatic rings. The first kappa shape index (κ1) is 10.5. The lowest BCUT2D eigenvalue weighted by molar-refractivity contribution is 0.279. The van der Waals surface area contributed by atoms with Gasteiger partial charge in [0.05, 0.1) is 0 Å². The van der Waals surface area contributed by atoms with Crippen LogP contribution in [0, 0.1) is 11.8 Å². The summed E-state index contributed by atoms with van der Waals surface area (Å²) >= 11 is 0. The van der Waals surface area contributed by atoms with E-state index in [0.29, 0.717) is 0 Å². The molecule has 2 rings (SSSR count). The molecule has 0 spiro atoms. The molecular weight excluding hydrogens is 170 g/mol. The molecule has 0 aromatic carbocycles. The molecular formula is C13H25N. The normalized spacial score (nSPS) is 33.2. The Morgan fingerprint density at radius 2 is 1.86 bits per heavy atom. The Bertz CT molecular complexity index is 163. The van der Waals surface area contributed by atoms with Gasteiger partial charge in [-0.3, -0.25) is 0 Å². The number of rotatable bonds is 5. The molecule has 2 atom stereocenters. The van der Waals surface area contributed by atoms with Crippen LogP contribution < -0.4 is 5.32 Å². The third-order valence-electron chi connectivity index (χ3n) is 4.00. The summed E-state index contributed by atoms with van der Waals surface area (Å²) in [7, 11) is 0. The fourth-order valence-corrected chi connectivity index (χ4v) is 2.70. The van der Waals surface area contributed by atoms with Gasteiger partial charge in [0.1, 0.15) is 0 Å². The van der Waals surface area contributed by atoms with Crippen LogP contribution in [0.2, 0.25) is 0 Å². The van der Waals surface area contributed by atoms with Crippen LogP contribution in [0.4, 0.5) is 0 Å². The summed E-state index contributed by atoms with van der Waals surface area (Å²) in [6, 6.07) is 0.836. The third-order valence-corrected chi connectivity index (χ3v) is 4.00. The molecule has 0 aromatic rings. The van der Waals surface area contributed by atoms with Crippen LogP contribution >= 0.6 is 0 Å². The van der Waals surface area contributed by atoms with Crippen molar-refractivity contribution in [2.45, 2.75) is 64.3 Å². The molecule has 1 N–H and O–H groups in total.